The first-order valence-electron chi connectivity index (χ1n) is 5.76. The molecule has 100 valence electrons. The summed E-state index contributed by atoms with van der Waals surface area (Å²) in [7, 11) is 1.61. The van der Waals surface area contributed by atoms with Crippen LogP contribution in [0.2, 0.25) is 0 Å². The van der Waals surface area contributed by atoms with Crippen molar-refractivity contribution >= 4 is 22.7 Å². The summed E-state index contributed by atoms with van der Waals surface area (Å²) in [5.41, 5.74) is 12.7. The largest absolute Gasteiger partial charge is 0.383 e. The molecule has 3 heterocycles. The van der Waals surface area contributed by atoms with Gasteiger partial charge in [0.1, 0.15) is 11.2 Å². The highest BCUT2D eigenvalue weighted by Crippen LogP contribution is 2.22. The number of aromatic nitrogens is 5. The third-order valence-corrected chi connectivity index (χ3v) is 2.90. The van der Waals surface area contributed by atoms with Crippen molar-refractivity contribution in [2.75, 3.05) is 11.5 Å². The van der Waals surface area contributed by atoms with E-state index >= 15 is 0 Å². The molecule has 8 nitrogen and oxygen atoms in total. The third-order valence-electron chi connectivity index (χ3n) is 2.90. The predicted molar refractivity (Wildman–Crippen MR) is 74.6 cm³/mol. The zero-order valence-corrected chi connectivity index (χ0v) is 10.6. The Labute approximate surface area is 113 Å². The summed E-state index contributed by atoms with van der Waals surface area (Å²) in [5.74, 6) is 0.303. The SMILES string of the molecule is Cn1cnc2cc(-c3cnc(N)nc3)nc(N)c2c1=O. The molecule has 0 fully saturated rings. The van der Waals surface area contributed by atoms with Crippen LogP contribution in [0.3, 0.4) is 0 Å². The van der Waals surface area contributed by atoms with Gasteiger partial charge in [-0.25, -0.2) is 19.9 Å². The van der Waals surface area contributed by atoms with E-state index in [1.165, 1.54) is 23.3 Å². The van der Waals surface area contributed by atoms with E-state index in [2.05, 4.69) is 19.9 Å². The van der Waals surface area contributed by atoms with Gasteiger partial charge < -0.3 is 16.0 Å². The second-order valence-electron chi connectivity index (χ2n) is 4.28. The zero-order valence-electron chi connectivity index (χ0n) is 10.6. The van der Waals surface area contributed by atoms with Crippen molar-refractivity contribution in [2.24, 2.45) is 7.05 Å². The van der Waals surface area contributed by atoms with Crippen LogP contribution in [0.15, 0.2) is 29.6 Å². The van der Waals surface area contributed by atoms with E-state index in [1.807, 2.05) is 0 Å². The number of nitrogens with two attached hydrogens (primary N) is 2. The Kier molecular flexibility index (Phi) is 2.56. The number of hydrogen-bond donors (Lipinski definition) is 2. The van der Waals surface area contributed by atoms with Gasteiger partial charge in [0.2, 0.25) is 5.95 Å². The van der Waals surface area contributed by atoms with Gasteiger partial charge in [0, 0.05) is 25.0 Å². The fourth-order valence-electron chi connectivity index (χ4n) is 1.87. The lowest BCUT2D eigenvalue weighted by Gasteiger charge is -2.06. The number of nitrogens with zero attached hydrogens (tertiary/aromatic N) is 5. The van der Waals surface area contributed by atoms with Crippen molar-refractivity contribution in [1.82, 2.24) is 24.5 Å². The van der Waals surface area contributed by atoms with Gasteiger partial charge >= 0.3 is 0 Å². The second-order valence-corrected chi connectivity index (χ2v) is 4.28. The molecule has 0 bridgehead atoms. The highest BCUT2D eigenvalue weighted by Gasteiger charge is 2.11. The lowest BCUT2D eigenvalue weighted by atomic mass is 10.2. The average Bonchev–Trinajstić information content (AvgIpc) is 2.43. The van der Waals surface area contributed by atoms with Crippen molar-refractivity contribution in [2.45, 2.75) is 0 Å². The van der Waals surface area contributed by atoms with E-state index in [0.717, 1.165) is 0 Å². The molecule has 0 saturated heterocycles. The molecule has 3 aromatic rings. The molecule has 0 spiro atoms. The lowest BCUT2D eigenvalue weighted by Crippen LogP contribution is -2.18. The molecule has 0 radical (unpaired) electrons. The van der Waals surface area contributed by atoms with Crippen molar-refractivity contribution in [1.29, 1.82) is 0 Å². The van der Waals surface area contributed by atoms with Crippen LogP contribution in [0.5, 0.6) is 0 Å². The fraction of sp³-hybridized carbons (Fsp3) is 0.0833. The normalized spacial score (nSPS) is 10.8. The Hall–Kier alpha value is -3.03. The van der Waals surface area contributed by atoms with Crippen LogP contribution >= 0.6 is 0 Å². The summed E-state index contributed by atoms with van der Waals surface area (Å²) in [6, 6.07) is 1.67. The summed E-state index contributed by atoms with van der Waals surface area (Å²) in [6.45, 7) is 0. The van der Waals surface area contributed by atoms with Crippen molar-refractivity contribution in [3.63, 3.8) is 0 Å². The van der Waals surface area contributed by atoms with Crippen LogP contribution in [-0.4, -0.2) is 24.5 Å². The lowest BCUT2D eigenvalue weighted by molar-refractivity contribution is 0.842. The summed E-state index contributed by atoms with van der Waals surface area (Å²) in [4.78, 5) is 28.2. The molecule has 0 aromatic carbocycles. The van der Waals surface area contributed by atoms with E-state index in [0.29, 0.717) is 22.2 Å². The first-order valence-corrected chi connectivity index (χ1v) is 5.76. The summed E-state index contributed by atoms with van der Waals surface area (Å²) >= 11 is 0. The minimum absolute atomic E-state index is 0.128. The monoisotopic (exact) mass is 269 g/mol. The van der Waals surface area contributed by atoms with Crippen LogP contribution in [0, 0.1) is 0 Å². The van der Waals surface area contributed by atoms with Crippen LogP contribution in [0.4, 0.5) is 11.8 Å². The Morgan fingerprint density at radius 2 is 1.85 bits per heavy atom. The topological polar surface area (TPSA) is 126 Å². The van der Waals surface area contributed by atoms with Crippen LogP contribution in [0.25, 0.3) is 22.2 Å². The van der Waals surface area contributed by atoms with E-state index < -0.39 is 0 Å². The Morgan fingerprint density at radius 1 is 1.15 bits per heavy atom. The van der Waals surface area contributed by atoms with Gasteiger partial charge in [-0.2, -0.15) is 0 Å². The number of nitrogen functional groups attached to an aromatic ring is 2. The van der Waals surface area contributed by atoms with E-state index in [1.54, 1.807) is 13.1 Å². The fourth-order valence-corrected chi connectivity index (χ4v) is 1.87. The van der Waals surface area contributed by atoms with E-state index in [9.17, 15) is 4.79 Å². The second kappa shape index (κ2) is 4.26. The van der Waals surface area contributed by atoms with Crippen LogP contribution in [0.1, 0.15) is 0 Å². The van der Waals surface area contributed by atoms with Gasteiger partial charge in [0.05, 0.1) is 17.5 Å². The molecule has 4 N–H and O–H groups in total. The minimum atomic E-state index is -0.236. The number of rotatable bonds is 1. The van der Waals surface area contributed by atoms with Crippen molar-refractivity contribution in [3.05, 3.63) is 35.1 Å². The van der Waals surface area contributed by atoms with Crippen LogP contribution < -0.4 is 17.0 Å². The van der Waals surface area contributed by atoms with Gasteiger partial charge in [-0.15, -0.1) is 0 Å². The highest BCUT2D eigenvalue weighted by atomic mass is 16.1. The quantitative estimate of drug-likeness (QED) is 0.634. The molecule has 0 aliphatic carbocycles. The highest BCUT2D eigenvalue weighted by molar-refractivity contribution is 5.90. The smallest absolute Gasteiger partial charge is 0.264 e. The molecule has 0 unspecified atom stereocenters. The van der Waals surface area contributed by atoms with Gasteiger partial charge in [-0.1, -0.05) is 0 Å². The predicted octanol–water partition coefficient (Wildman–Crippen LogP) is -0.0501. The van der Waals surface area contributed by atoms with Crippen molar-refractivity contribution < 1.29 is 0 Å². The molecule has 8 heteroatoms. The molecule has 3 aromatic heterocycles. The molecular formula is C12H11N7O. The number of fused-ring (bicyclic) bond motifs is 1. The number of anilines is 2. The molecule has 0 saturated carbocycles. The first-order chi connectivity index (χ1) is 9.56. The minimum Gasteiger partial charge on any atom is -0.383 e. The zero-order chi connectivity index (χ0) is 14.3. The standard InChI is InChI=1S/C12H11N7O/c1-19-5-17-8-2-7(6-3-15-12(14)16-4-6)18-10(13)9(8)11(19)20/h2-5H,1H3,(H2,13,18)(H2,14,15,16). The Morgan fingerprint density at radius 3 is 2.55 bits per heavy atom. The molecule has 0 amide bonds. The Balaban J connectivity index is 2.28. The number of hydrogen-bond acceptors (Lipinski definition) is 7. The maximum atomic E-state index is 12.0. The maximum Gasteiger partial charge on any atom is 0.264 e. The maximum absolute atomic E-state index is 12.0. The van der Waals surface area contributed by atoms with Gasteiger partial charge in [0.25, 0.3) is 5.56 Å². The molecular weight excluding hydrogens is 258 g/mol. The molecule has 0 aliphatic rings. The Bertz CT molecular complexity index is 854. The van der Waals surface area contributed by atoms with Gasteiger partial charge in [-0.3, -0.25) is 4.79 Å². The molecule has 3 rings (SSSR count). The summed E-state index contributed by atoms with van der Waals surface area (Å²) in [6.07, 6.45) is 4.52. The molecule has 0 aliphatic heterocycles. The van der Waals surface area contributed by atoms with E-state index in [-0.39, 0.29) is 17.3 Å². The average molecular weight is 269 g/mol. The van der Waals surface area contributed by atoms with Crippen molar-refractivity contribution in [3.8, 4) is 11.3 Å². The first kappa shape index (κ1) is 12.0. The van der Waals surface area contributed by atoms with E-state index in [4.69, 9.17) is 11.5 Å². The van der Waals surface area contributed by atoms with Gasteiger partial charge in [0.15, 0.2) is 0 Å². The molecule has 20 heavy (non-hydrogen) atoms. The summed E-state index contributed by atoms with van der Waals surface area (Å²) < 4.78 is 1.35. The number of pyridine rings is 1. The number of aryl methyl sites for hydroxylation is 1. The third kappa shape index (κ3) is 1.83. The molecule has 0 atom stereocenters. The van der Waals surface area contributed by atoms with Gasteiger partial charge in [-0.05, 0) is 6.07 Å². The summed E-state index contributed by atoms with van der Waals surface area (Å²) in [5, 5.41) is 0.301. The van der Waals surface area contributed by atoms with Crippen LogP contribution in [-0.2, 0) is 7.05 Å².